The Hall–Kier alpha value is -2.77. The normalized spacial score (nSPS) is 31.4. The van der Waals surface area contributed by atoms with Crippen molar-refractivity contribution in [2.75, 3.05) is 16.8 Å². The van der Waals surface area contributed by atoms with Gasteiger partial charge in [0, 0.05) is 22.3 Å². The van der Waals surface area contributed by atoms with Gasteiger partial charge in [-0.15, -0.1) is 0 Å². The van der Waals surface area contributed by atoms with Crippen LogP contribution < -0.4 is 10.2 Å². The van der Waals surface area contributed by atoms with Gasteiger partial charge in [0.05, 0.1) is 17.5 Å². The maximum atomic E-state index is 14.3. The summed E-state index contributed by atoms with van der Waals surface area (Å²) in [5.41, 5.74) is 0.746. The molecule has 3 fully saturated rings. The van der Waals surface area contributed by atoms with E-state index in [9.17, 15) is 18.8 Å². The lowest BCUT2D eigenvalue weighted by atomic mass is 9.75. The molecule has 4 heterocycles. The molecule has 0 bridgehead atoms. The third-order valence-corrected chi connectivity index (χ3v) is 7.60. The van der Waals surface area contributed by atoms with Crippen LogP contribution in [0, 0.1) is 24.6 Å². The summed E-state index contributed by atoms with van der Waals surface area (Å²) >= 11 is 6.17. The number of carbonyl (C=O) groups is 3. The molecular formula is C23H19ClFN3O3. The first-order valence-corrected chi connectivity index (χ1v) is 10.8. The van der Waals surface area contributed by atoms with E-state index in [2.05, 4.69) is 5.32 Å². The molecule has 0 aromatic heterocycles. The van der Waals surface area contributed by atoms with Crippen molar-refractivity contribution in [3.05, 3.63) is 58.4 Å². The smallest absolute Gasteiger partial charge is 0.250 e. The number of benzene rings is 2. The summed E-state index contributed by atoms with van der Waals surface area (Å²) in [6.07, 6.45) is 1.52. The number of hydrogen-bond donors (Lipinski definition) is 1. The Morgan fingerprint density at radius 2 is 1.94 bits per heavy atom. The van der Waals surface area contributed by atoms with Crippen LogP contribution in [0.3, 0.4) is 0 Å². The van der Waals surface area contributed by atoms with E-state index in [4.69, 9.17) is 11.6 Å². The number of carbonyl (C=O) groups excluding carboxylic acids is 3. The van der Waals surface area contributed by atoms with Crippen LogP contribution in [0.25, 0.3) is 0 Å². The van der Waals surface area contributed by atoms with Crippen LogP contribution in [0.2, 0.25) is 5.02 Å². The second-order valence-electron chi connectivity index (χ2n) is 8.76. The molecule has 6 nitrogen and oxygen atoms in total. The highest BCUT2D eigenvalue weighted by atomic mass is 35.5. The van der Waals surface area contributed by atoms with E-state index >= 15 is 0 Å². The Kier molecular flexibility index (Phi) is 3.76. The van der Waals surface area contributed by atoms with E-state index in [-0.39, 0.29) is 17.9 Å². The number of aryl methyl sites for hydroxylation is 1. The summed E-state index contributed by atoms with van der Waals surface area (Å²) in [4.78, 5) is 44.2. The monoisotopic (exact) mass is 439 g/mol. The number of hydrogen-bond acceptors (Lipinski definition) is 4. The summed E-state index contributed by atoms with van der Waals surface area (Å²) < 4.78 is 14.3. The molecule has 4 aliphatic heterocycles. The molecule has 0 radical (unpaired) electrons. The fourth-order valence-corrected chi connectivity index (χ4v) is 6.40. The van der Waals surface area contributed by atoms with Gasteiger partial charge in [0.2, 0.25) is 17.7 Å². The minimum Gasteiger partial charge on any atom is -0.324 e. The van der Waals surface area contributed by atoms with Crippen molar-refractivity contribution in [1.82, 2.24) is 4.90 Å². The Morgan fingerprint density at radius 3 is 2.74 bits per heavy atom. The van der Waals surface area contributed by atoms with E-state index in [0.29, 0.717) is 34.9 Å². The van der Waals surface area contributed by atoms with Crippen molar-refractivity contribution < 1.29 is 18.8 Å². The van der Waals surface area contributed by atoms with Crippen LogP contribution >= 0.6 is 11.6 Å². The maximum absolute atomic E-state index is 14.3. The summed E-state index contributed by atoms with van der Waals surface area (Å²) in [6.45, 7) is 2.39. The zero-order valence-electron chi connectivity index (χ0n) is 16.7. The van der Waals surface area contributed by atoms with Crippen LogP contribution in [0.5, 0.6) is 0 Å². The molecule has 0 saturated carbocycles. The van der Waals surface area contributed by atoms with Gasteiger partial charge in [-0.05, 0) is 62.2 Å². The van der Waals surface area contributed by atoms with Crippen LogP contribution in [0.1, 0.15) is 24.0 Å². The minimum atomic E-state index is -1.38. The van der Waals surface area contributed by atoms with Gasteiger partial charge in [-0.1, -0.05) is 17.7 Å². The number of halogens is 2. The molecule has 6 rings (SSSR count). The Bertz CT molecular complexity index is 1200. The van der Waals surface area contributed by atoms with Gasteiger partial charge in [-0.3, -0.25) is 19.3 Å². The second kappa shape index (κ2) is 6.14. The van der Waals surface area contributed by atoms with E-state index in [1.807, 2.05) is 11.8 Å². The SMILES string of the molecule is Cc1ccc(Cl)cc1N1C(=O)[C@H]2[C@@H](C1=O)[C@@]1(C(=O)Nc3ccc(F)cc31)N1CCC[C@@H]21. The van der Waals surface area contributed by atoms with Crippen molar-refractivity contribution in [1.29, 1.82) is 0 Å². The molecule has 4 aliphatic rings. The molecule has 8 heteroatoms. The highest BCUT2D eigenvalue weighted by Gasteiger charge is 2.74. The molecule has 4 atom stereocenters. The van der Waals surface area contributed by atoms with Crippen LogP contribution in [0.4, 0.5) is 15.8 Å². The predicted molar refractivity (Wildman–Crippen MR) is 112 cm³/mol. The van der Waals surface area contributed by atoms with Gasteiger partial charge in [0.25, 0.3) is 0 Å². The summed E-state index contributed by atoms with van der Waals surface area (Å²) in [5.74, 6) is -3.15. The first kappa shape index (κ1) is 19.0. The van der Waals surface area contributed by atoms with Gasteiger partial charge >= 0.3 is 0 Å². The summed E-state index contributed by atoms with van der Waals surface area (Å²) in [6, 6.07) is 8.97. The average molecular weight is 440 g/mol. The minimum absolute atomic E-state index is 0.245. The molecule has 158 valence electrons. The molecule has 1 N–H and O–H groups in total. The first-order chi connectivity index (χ1) is 14.9. The lowest BCUT2D eigenvalue weighted by molar-refractivity contribution is -0.135. The molecule has 2 aromatic rings. The quantitative estimate of drug-likeness (QED) is 0.693. The first-order valence-electron chi connectivity index (χ1n) is 10.4. The van der Waals surface area contributed by atoms with Crippen molar-refractivity contribution in [2.45, 2.75) is 31.3 Å². The van der Waals surface area contributed by atoms with Gasteiger partial charge in [-0.25, -0.2) is 9.29 Å². The number of imide groups is 1. The van der Waals surface area contributed by atoms with Crippen molar-refractivity contribution >= 4 is 40.7 Å². The third kappa shape index (κ3) is 2.18. The largest absolute Gasteiger partial charge is 0.324 e. The Balaban J connectivity index is 1.58. The van der Waals surface area contributed by atoms with Crippen molar-refractivity contribution in [3.8, 4) is 0 Å². The second-order valence-corrected chi connectivity index (χ2v) is 9.20. The number of fused-ring (bicyclic) bond motifs is 7. The predicted octanol–water partition coefficient (Wildman–Crippen LogP) is 3.22. The molecule has 3 amide bonds. The fourth-order valence-electron chi connectivity index (χ4n) is 6.24. The fraction of sp³-hybridized carbons (Fsp3) is 0.348. The van der Waals surface area contributed by atoms with E-state index in [1.54, 1.807) is 18.2 Å². The molecule has 3 saturated heterocycles. The Labute approximate surface area is 183 Å². The molecule has 2 aromatic carbocycles. The molecule has 0 unspecified atom stereocenters. The standard InChI is InChI=1S/C23H19ClFN3O3/c1-11-4-5-12(24)9-17(11)28-20(29)18-16-3-2-8-27(16)23(19(18)21(28)30)14-10-13(25)6-7-15(14)26-22(23)31/h4-7,9-10,16,18-19H,2-3,8H2,1H3,(H,26,31)/t16-,18+,19-,23-/m0/s1. The van der Waals surface area contributed by atoms with Gasteiger partial charge in [-0.2, -0.15) is 0 Å². The van der Waals surface area contributed by atoms with Crippen molar-refractivity contribution in [3.63, 3.8) is 0 Å². The summed E-state index contributed by atoms with van der Waals surface area (Å²) in [5, 5.41) is 3.26. The lowest BCUT2D eigenvalue weighted by Gasteiger charge is -2.36. The zero-order valence-corrected chi connectivity index (χ0v) is 17.4. The van der Waals surface area contributed by atoms with E-state index in [0.717, 1.165) is 12.0 Å². The third-order valence-electron chi connectivity index (χ3n) is 7.37. The van der Waals surface area contributed by atoms with Crippen LogP contribution in [0.15, 0.2) is 36.4 Å². The average Bonchev–Trinajstić information content (AvgIpc) is 3.43. The van der Waals surface area contributed by atoms with Gasteiger partial charge in [0.15, 0.2) is 0 Å². The van der Waals surface area contributed by atoms with Gasteiger partial charge < -0.3 is 5.32 Å². The van der Waals surface area contributed by atoms with Crippen LogP contribution in [-0.4, -0.2) is 35.2 Å². The van der Waals surface area contributed by atoms with Crippen molar-refractivity contribution in [2.24, 2.45) is 11.8 Å². The topological polar surface area (TPSA) is 69.7 Å². The molecular weight excluding hydrogens is 421 g/mol. The number of anilines is 2. The van der Waals surface area contributed by atoms with E-state index < -0.39 is 29.1 Å². The number of nitrogens with one attached hydrogen (secondary N) is 1. The Morgan fingerprint density at radius 1 is 1.13 bits per heavy atom. The molecule has 31 heavy (non-hydrogen) atoms. The highest BCUT2D eigenvalue weighted by molar-refractivity contribution is 6.32. The highest BCUT2D eigenvalue weighted by Crippen LogP contribution is 2.60. The van der Waals surface area contributed by atoms with Crippen LogP contribution in [-0.2, 0) is 19.9 Å². The summed E-state index contributed by atoms with van der Waals surface area (Å²) in [7, 11) is 0. The number of rotatable bonds is 1. The molecule has 0 aliphatic carbocycles. The molecule has 1 spiro atoms. The number of amides is 3. The lowest BCUT2D eigenvalue weighted by Crippen LogP contribution is -2.54. The van der Waals surface area contributed by atoms with E-state index in [1.165, 1.54) is 23.1 Å². The number of nitrogens with zero attached hydrogens (tertiary/aromatic N) is 2. The maximum Gasteiger partial charge on any atom is 0.250 e. The zero-order chi connectivity index (χ0) is 21.7. The van der Waals surface area contributed by atoms with Gasteiger partial charge in [0.1, 0.15) is 11.4 Å².